The van der Waals surface area contributed by atoms with Crippen LogP contribution in [0.15, 0.2) is 42.5 Å². The SMILES string of the molecule is C[C@@H]1CN(C[C@@H](O)COc2cccc3ccccc23)C[C@H](C)O1. The van der Waals surface area contributed by atoms with E-state index in [1.54, 1.807) is 0 Å². The first-order valence-electron chi connectivity index (χ1n) is 8.28. The lowest BCUT2D eigenvalue weighted by atomic mass is 10.1. The summed E-state index contributed by atoms with van der Waals surface area (Å²) in [6, 6.07) is 14.1. The molecular weight excluding hydrogens is 290 g/mol. The van der Waals surface area contributed by atoms with Gasteiger partial charge in [-0.25, -0.2) is 0 Å². The van der Waals surface area contributed by atoms with Gasteiger partial charge in [0, 0.05) is 25.0 Å². The number of rotatable bonds is 5. The van der Waals surface area contributed by atoms with E-state index in [4.69, 9.17) is 9.47 Å². The molecule has 3 atom stereocenters. The average Bonchev–Trinajstić information content (AvgIpc) is 2.52. The fourth-order valence-electron chi connectivity index (χ4n) is 3.29. The van der Waals surface area contributed by atoms with Crippen molar-refractivity contribution in [1.29, 1.82) is 0 Å². The minimum absolute atomic E-state index is 0.213. The first-order chi connectivity index (χ1) is 11.1. The Labute approximate surface area is 137 Å². The molecule has 0 saturated carbocycles. The number of aliphatic hydroxyl groups excluding tert-OH is 1. The number of benzene rings is 2. The van der Waals surface area contributed by atoms with Crippen molar-refractivity contribution in [2.24, 2.45) is 0 Å². The van der Waals surface area contributed by atoms with Crippen molar-refractivity contribution in [3.63, 3.8) is 0 Å². The highest BCUT2D eigenvalue weighted by atomic mass is 16.5. The molecule has 1 aliphatic rings. The predicted octanol–water partition coefficient (Wildman–Crippen LogP) is 2.69. The molecule has 2 aromatic rings. The largest absolute Gasteiger partial charge is 0.490 e. The van der Waals surface area contributed by atoms with Crippen LogP contribution >= 0.6 is 0 Å². The van der Waals surface area contributed by atoms with Crippen molar-refractivity contribution in [3.05, 3.63) is 42.5 Å². The molecule has 0 spiro atoms. The van der Waals surface area contributed by atoms with Crippen molar-refractivity contribution < 1.29 is 14.6 Å². The van der Waals surface area contributed by atoms with Crippen LogP contribution in [0.5, 0.6) is 5.75 Å². The zero-order chi connectivity index (χ0) is 16.2. The second-order valence-electron chi connectivity index (χ2n) is 6.42. The summed E-state index contributed by atoms with van der Waals surface area (Å²) in [6.45, 7) is 6.77. The van der Waals surface area contributed by atoms with Crippen LogP contribution in [0.4, 0.5) is 0 Å². The molecular formula is C19H25NO3. The van der Waals surface area contributed by atoms with Gasteiger partial charge < -0.3 is 14.6 Å². The van der Waals surface area contributed by atoms with Gasteiger partial charge in [-0.05, 0) is 25.3 Å². The van der Waals surface area contributed by atoms with Crippen molar-refractivity contribution >= 4 is 10.8 Å². The van der Waals surface area contributed by atoms with Gasteiger partial charge >= 0.3 is 0 Å². The van der Waals surface area contributed by atoms with Gasteiger partial charge in [0.1, 0.15) is 18.5 Å². The van der Waals surface area contributed by atoms with Crippen LogP contribution in [0.1, 0.15) is 13.8 Å². The van der Waals surface area contributed by atoms with E-state index in [-0.39, 0.29) is 12.2 Å². The molecule has 1 heterocycles. The second kappa shape index (κ2) is 7.30. The molecule has 1 aliphatic heterocycles. The molecule has 1 saturated heterocycles. The number of nitrogens with zero attached hydrogens (tertiary/aromatic N) is 1. The maximum Gasteiger partial charge on any atom is 0.127 e. The van der Waals surface area contributed by atoms with Gasteiger partial charge in [-0.1, -0.05) is 36.4 Å². The Morgan fingerprint density at radius 2 is 1.83 bits per heavy atom. The smallest absolute Gasteiger partial charge is 0.127 e. The van der Waals surface area contributed by atoms with Crippen LogP contribution in [0.3, 0.4) is 0 Å². The minimum atomic E-state index is -0.508. The van der Waals surface area contributed by atoms with Gasteiger partial charge in [0.2, 0.25) is 0 Å². The molecule has 0 aromatic heterocycles. The maximum absolute atomic E-state index is 10.3. The third-order valence-electron chi connectivity index (χ3n) is 4.15. The number of β-amino-alcohol motifs (C(OH)–C–C–N with tert-alkyl or cyclic N) is 1. The zero-order valence-electron chi connectivity index (χ0n) is 13.8. The fourth-order valence-corrected chi connectivity index (χ4v) is 3.29. The van der Waals surface area contributed by atoms with Crippen LogP contribution in [0.25, 0.3) is 10.8 Å². The first-order valence-corrected chi connectivity index (χ1v) is 8.28. The van der Waals surface area contributed by atoms with Crippen molar-refractivity contribution in [2.45, 2.75) is 32.2 Å². The summed E-state index contributed by atoms with van der Waals surface area (Å²) < 4.78 is 11.6. The Kier molecular flexibility index (Phi) is 5.16. The Morgan fingerprint density at radius 1 is 1.13 bits per heavy atom. The summed E-state index contributed by atoms with van der Waals surface area (Å²) in [6.07, 6.45) is -0.0821. The molecule has 1 fully saturated rings. The highest BCUT2D eigenvalue weighted by Gasteiger charge is 2.24. The topological polar surface area (TPSA) is 41.9 Å². The van der Waals surface area contributed by atoms with E-state index < -0.39 is 6.10 Å². The van der Waals surface area contributed by atoms with Gasteiger partial charge in [0.25, 0.3) is 0 Å². The predicted molar refractivity (Wildman–Crippen MR) is 91.9 cm³/mol. The first kappa shape index (κ1) is 16.2. The zero-order valence-corrected chi connectivity index (χ0v) is 13.8. The lowest BCUT2D eigenvalue weighted by Gasteiger charge is -2.36. The molecule has 4 nitrogen and oxygen atoms in total. The van der Waals surface area contributed by atoms with Crippen LogP contribution in [0.2, 0.25) is 0 Å². The number of morpholine rings is 1. The molecule has 124 valence electrons. The molecule has 0 bridgehead atoms. The monoisotopic (exact) mass is 315 g/mol. The summed E-state index contributed by atoms with van der Waals surface area (Å²) in [5.74, 6) is 0.825. The number of fused-ring (bicyclic) bond motifs is 1. The summed E-state index contributed by atoms with van der Waals surface area (Å²) in [7, 11) is 0. The van der Waals surface area contributed by atoms with Crippen LogP contribution in [0, 0.1) is 0 Å². The summed E-state index contributed by atoms with van der Waals surface area (Å²) in [4.78, 5) is 2.25. The molecule has 0 unspecified atom stereocenters. The van der Waals surface area contributed by atoms with E-state index in [0.717, 1.165) is 29.6 Å². The van der Waals surface area contributed by atoms with Crippen molar-refractivity contribution in [1.82, 2.24) is 4.90 Å². The molecule has 2 aromatic carbocycles. The Bertz CT molecular complexity index is 630. The highest BCUT2D eigenvalue weighted by Crippen LogP contribution is 2.25. The minimum Gasteiger partial charge on any atom is -0.490 e. The Hall–Kier alpha value is -1.62. The Balaban J connectivity index is 1.57. The molecule has 0 radical (unpaired) electrons. The third kappa shape index (κ3) is 4.22. The third-order valence-corrected chi connectivity index (χ3v) is 4.15. The van der Waals surface area contributed by atoms with E-state index in [1.165, 1.54) is 0 Å². The van der Waals surface area contributed by atoms with E-state index in [9.17, 15) is 5.11 Å². The molecule has 4 heteroatoms. The van der Waals surface area contributed by atoms with E-state index in [1.807, 2.05) is 30.3 Å². The lowest BCUT2D eigenvalue weighted by Crippen LogP contribution is -2.48. The number of hydrogen-bond acceptors (Lipinski definition) is 4. The van der Waals surface area contributed by atoms with Gasteiger partial charge in [0.15, 0.2) is 0 Å². The molecule has 3 rings (SSSR count). The summed E-state index contributed by atoms with van der Waals surface area (Å²) in [5, 5.41) is 12.5. The normalized spacial score (nSPS) is 23.8. The van der Waals surface area contributed by atoms with E-state index >= 15 is 0 Å². The van der Waals surface area contributed by atoms with Gasteiger partial charge in [-0.3, -0.25) is 4.90 Å². The van der Waals surface area contributed by atoms with Crippen LogP contribution in [-0.2, 0) is 4.74 Å². The van der Waals surface area contributed by atoms with Gasteiger partial charge in [-0.15, -0.1) is 0 Å². The van der Waals surface area contributed by atoms with E-state index in [2.05, 4.69) is 30.9 Å². The second-order valence-corrected chi connectivity index (χ2v) is 6.42. The van der Waals surface area contributed by atoms with E-state index in [0.29, 0.717) is 13.2 Å². The number of aliphatic hydroxyl groups is 1. The lowest BCUT2D eigenvalue weighted by molar-refractivity contribution is -0.0786. The molecule has 1 N–H and O–H groups in total. The van der Waals surface area contributed by atoms with Crippen LogP contribution in [-0.4, -0.2) is 54.6 Å². The van der Waals surface area contributed by atoms with Crippen molar-refractivity contribution in [2.75, 3.05) is 26.2 Å². The standard InChI is InChI=1S/C19H25NO3/c1-14-10-20(11-15(2)23-14)12-17(21)13-22-19-9-5-7-16-6-3-4-8-18(16)19/h3-9,14-15,17,21H,10-13H2,1-2H3/t14-,15+,17-/m1/s1. The number of hydrogen-bond donors (Lipinski definition) is 1. The Morgan fingerprint density at radius 3 is 2.61 bits per heavy atom. The molecule has 23 heavy (non-hydrogen) atoms. The van der Waals surface area contributed by atoms with Crippen LogP contribution < -0.4 is 4.74 Å². The molecule has 0 aliphatic carbocycles. The fraction of sp³-hybridized carbons (Fsp3) is 0.474. The summed E-state index contributed by atoms with van der Waals surface area (Å²) in [5.41, 5.74) is 0. The highest BCUT2D eigenvalue weighted by molar-refractivity contribution is 5.88. The molecule has 0 amide bonds. The van der Waals surface area contributed by atoms with Crippen molar-refractivity contribution in [3.8, 4) is 5.75 Å². The van der Waals surface area contributed by atoms with Gasteiger partial charge in [0.05, 0.1) is 12.2 Å². The van der Waals surface area contributed by atoms with Gasteiger partial charge in [-0.2, -0.15) is 0 Å². The quantitative estimate of drug-likeness (QED) is 0.921. The number of ether oxygens (including phenoxy) is 2. The summed E-state index contributed by atoms with van der Waals surface area (Å²) >= 11 is 0. The maximum atomic E-state index is 10.3. The average molecular weight is 315 g/mol.